The summed E-state index contributed by atoms with van der Waals surface area (Å²) in [7, 11) is -4.00. The van der Waals surface area contributed by atoms with E-state index < -0.39 is 10.3 Å². The lowest BCUT2D eigenvalue weighted by Gasteiger charge is -2.04. The van der Waals surface area contributed by atoms with Crippen molar-refractivity contribution in [2.75, 3.05) is 6.54 Å². The van der Waals surface area contributed by atoms with Gasteiger partial charge in [-0.15, -0.1) is 0 Å². The third-order valence-electron chi connectivity index (χ3n) is 4.81. The Morgan fingerprint density at radius 3 is 1.12 bits per heavy atom. The molecule has 0 saturated carbocycles. The number of unbranched alkanes of at least 4 members (excludes halogenated alkanes) is 17. The van der Waals surface area contributed by atoms with E-state index in [-0.39, 0.29) is 0 Å². The second-order valence-corrected chi connectivity index (χ2v) is 8.62. The van der Waals surface area contributed by atoms with Gasteiger partial charge in [-0.05, 0) is 6.42 Å². The van der Waals surface area contributed by atoms with Gasteiger partial charge in [0, 0.05) is 6.54 Å². The highest BCUT2D eigenvalue weighted by Gasteiger charge is 2.00. The Hall–Kier alpha value is -0.130. The van der Waals surface area contributed by atoms with E-state index in [0.29, 0.717) is 6.54 Å². The van der Waals surface area contributed by atoms with Crippen molar-refractivity contribution >= 4 is 10.3 Å². The summed E-state index contributed by atoms with van der Waals surface area (Å²) < 4.78 is 31.5. The van der Waals surface area contributed by atoms with Gasteiger partial charge in [0.1, 0.15) is 0 Å². The Morgan fingerprint density at radius 2 is 0.840 bits per heavy atom. The molecule has 5 heteroatoms. The zero-order valence-corrected chi connectivity index (χ0v) is 17.4. The van der Waals surface area contributed by atoms with Gasteiger partial charge in [-0.3, -0.25) is 4.55 Å². The topological polar surface area (TPSA) is 66.4 Å². The first-order chi connectivity index (χ1) is 12.1. The summed E-state index contributed by atoms with van der Waals surface area (Å²) in [5.74, 6) is 0. The van der Waals surface area contributed by atoms with Crippen molar-refractivity contribution in [1.29, 1.82) is 0 Å². The second kappa shape index (κ2) is 18.7. The van der Waals surface area contributed by atoms with Crippen LogP contribution in [0.1, 0.15) is 122 Å². The number of rotatable bonds is 20. The van der Waals surface area contributed by atoms with Gasteiger partial charge in [-0.1, -0.05) is 116 Å². The molecule has 0 spiro atoms. The highest BCUT2D eigenvalue weighted by molar-refractivity contribution is 7.83. The van der Waals surface area contributed by atoms with E-state index in [2.05, 4.69) is 11.6 Å². The van der Waals surface area contributed by atoms with Gasteiger partial charge in [0.25, 0.3) is 0 Å². The Bertz CT molecular complexity index is 358. The molecular formula is C20H43NO3S. The van der Waals surface area contributed by atoms with Crippen LogP contribution in [0.15, 0.2) is 0 Å². The molecule has 0 rings (SSSR count). The van der Waals surface area contributed by atoms with Crippen LogP contribution in [0, 0.1) is 0 Å². The number of hydrogen-bond acceptors (Lipinski definition) is 2. The van der Waals surface area contributed by atoms with Crippen LogP contribution in [0.3, 0.4) is 0 Å². The second-order valence-electron chi connectivity index (χ2n) is 7.38. The SMILES string of the molecule is CCCCCCCCCCCCCCCCCCCCNS(=O)(=O)O. The van der Waals surface area contributed by atoms with Crippen LogP contribution in [-0.2, 0) is 10.3 Å². The molecule has 0 saturated heterocycles. The molecule has 0 atom stereocenters. The summed E-state index contributed by atoms with van der Waals surface area (Å²) in [6, 6.07) is 0. The van der Waals surface area contributed by atoms with Crippen LogP contribution in [0.25, 0.3) is 0 Å². The van der Waals surface area contributed by atoms with E-state index in [4.69, 9.17) is 4.55 Å². The Morgan fingerprint density at radius 1 is 0.560 bits per heavy atom. The van der Waals surface area contributed by atoms with E-state index in [1.807, 2.05) is 0 Å². The molecule has 2 N–H and O–H groups in total. The summed E-state index contributed by atoms with van der Waals surface area (Å²) in [5.41, 5.74) is 0. The smallest absolute Gasteiger partial charge is 0.273 e. The predicted molar refractivity (Wildman–Crippen MR) is 108 cm³/mol. The first-order valence-electron chi connectivity index (χ1n) is 10.8. The van der Waals surface area contributed by atoms with Gasteiger partial charge < -0.3 is 0 Å². The van der Waals surface area contributed by atoms with Crippen molar-refractivity contribution in [3.8, 4) is 0 Å². The molecule has 0 aromatic heterocycles. The average Bonchev–Trinajstić information content (AvgIpc) is 2.56. The fraction of sp³-hybridized carbons (Fsp3) is 1.00. The van der Waals surface area contributed by atoms with Crippen LogP contribution in [0.5, 0.6) is 0 Å². The average molecular weight is 378 g/mol. The van der Waals surface area contributed by atoms with E-state index in [0.717, 1.165) is 19.3 Å². The molecule has 0 amide bonds. The number of nitrogens with one attached hydrogen (secondary N) is 1. The highest BCUT2D eigenvalue weighted by Crippen LogP contribution is 2.14. The van der Waals surface area contributed by atoms with E-state index in [1.54, 1.807) is 0 Å². The van der Waals surface area contributed by atoms with Crippen LogP contribution < -0.4 is 4.72 Å². The summed E-state index contributed by atoms with van der Waals surface area (Å²) in [6.45, 7) is 2.62. The van der Waals surface area contributed by atoms with Crippen molar-refractivity contribution in [3.63, 3.8) is 0 Å². The lowest BCUT2D eigenvalue weighted by atomic mass is 10.0. The standard InChI is InChI=1S/C20H43NO3S/c1-2-3-4-5-6-7-8-9-10-11-12-13-14-15-16-17-18-19-20-21-25(22,23)24/h21H,2-20H2,1H3,(H,22,23,24). The molecule has 152 valence electrons. The fourth-order valence-electron chi connectivity index (χ4n) is 3.23. The van der Waals surface area contributed by atoms with Crippen molar-refractivity contribution in [2.45, 2.75) is 122 Å². The van der Waals surface area contributed by atoms with Crippen LogP contribution in [0.2, 0.25) is 0 Å². The third-order valence-corrected chi connectivity index (χ3v) is 5.38. The molecule has 0 aromatic carbocycles. The van der Waals surface area contributed by atoms with Crippen molar-refractivity contribution in [3.05, 3.63) is 0 Å². The molecular weight excluding hydrogens is 334 g/mol. The molecule has 25 heavy (non-hydrogen) atoms. The molecule has 0 bridgehead atoms. The minimum absolute atomic E-state index is 0.345. The quantitative estimate of drug-likeness (QED) is 0.190. The lowest BCUT2D eigenvalue weighted by Crippen LogP contribution is -2.23. The molecule has 0 aliphatic heterocycles. The third kappa shape index (κ3) is 23.9. The van der Waals surface area contributed by atoms with Crippen LogP contribution in [0.4, 0.5) is 0 Å². The molecule has 0 unspecified atom stereocenters. The van der Waals surface area contributed by atoms with Gasteiger partial charge in [0.05, 0.1) is 0 Å². The Balaban J connectivity index is 3.03. The maximum absolute atomic E-state index is 10.5. The summed E-state index contributed by atoms with van der Waals surface area (Å²) in [5, 5.41) is 0. The van der Waals surface area contributed by atoms with E-state index >= 15 is 0 Å². The van der Waals surface area contributed by atoms with E-state index in [9.17, 15) is 8.42 Å². The lowest BCUT2D eigenvalue weighted by molar-refractivity contribution is 0.464. The zero-order valence-electron chi connectivity index (χ0n) is 16.6. The highest BCUT2D eigenvalue weighted by atomic mass is 32.2. The molecule has 0 fully saturated rings. The van der Waals surface area contributed by atoms with Gasteiger partial charge in [0.15, 0.2) is 0 Å². The zero-order chi connectivity index (χ0) is 18.6. The monoisotopic (exact) mass is 377 g/mol. The molecule has 0 radical (unpaired) electrons. The predicted octanol–water partition coefficient (Wildman–Crippen LogP) is 6.42. The maximum Gasteiger partial charge on any atom is 0.333 e. The maximum atomic E-state index is 10.5. The van der Waals surface area contributed by atoms with Crippen LogP contribution >= 0.6 is 0 Å². The van der Waals surface area contributed by atoms with Crippen molar-refractivity contribution < 1.29 is 13.0 Å². The molecule has 0 aliphatic rings. The number of hydrogen-bond donors (Lipinski definition) is 2. The minimum Gasteiger partial charge on any atom is -0.273 e. The summed E-state index contributed by atoms with van der Waals surface area (Å²) in [6.07, 6.45) is 23.8. The molecule has 0 heterocycles. The van der Waals surface area contributed by atoms with Gasteiger partial charge >= 0.3 is 10.3 Å². The normalized spacial score (nSPS) is 11.9. The fourth-order valence-corrected chi connectivity index (χ4v) is 3.63. The minimum atomic E-state index is -4.00. The first-order valence-corrected chi connectivity index (χ1v) is 12.2. The van der Waals surface area contributed by atoms with Gasteiger partial charge in [-0.25, -0.2) is 0 Å². The summed E-state index contributed by atoms with van der Waals surface area (Å²) >= 11 is 0. The Labute approximate surface area is 157 Å². The van der Waals surface area contributed by atoms with Crippen molar-refractivity contribution in [1.82, 2.24) is 4.72 Å². The Kier molecular flexibility index (Phi) is 18.6. The molecule has 4 nitrogen and oxygen atoms in total. The first kappa shape index (κ1) is 24.9. The largest absolute Gasteiger partial charge is 0.333 e. The molecule has 0 aromatic rings. The van der Waals surface area contributed by atoms with Gasteiger partial charge in [-0.2, -0.15) is 13.1 Å². The van der Waals surface area contributed by atoms with Gasteiger partial charge in [0.2, 0.25) is 0 Å². The molecule has 0 aliphatic carbocycles. The van der Waals surface area contributed by atoms with Crippen LogP contribution in [-0.4, -0.2) is 19.5 Å². The summed E-state index contributed by atoms with van der Waals surface area (Å²) in [4.78, 5) is 0. The van der Waals surface area contributed by atoms with E-state index in [1.165, 1.54) is 96.3 Å². The van der Waals surface area contributed by atoms with Crippen molar-refractivity contribution in [2.24, 2.45) is 0 Å².